The summed E-state index contributed by atoms with van der Waals surface area (Å²) in [6.07, 6.45) is 0. The first-order valence-electron chi connectivity index (χ1n) is 6.34. The number of carbonyl (C=O) groups excluding carboxylic acids is 1. The average Bonchev–Trinajstić information content (AvgIpc) is 2.37. The summed E-state index contributed by atoms with van der Waals surface area (Å²) in [4.78, 5) is 16.3. The van der Waals surface area contributed by atoms with Crippen molar-refractivity contribution in [3.05, 3.63) is 29.8 Å². The molecule has 106 valence electrons. The van der Waals surface area contributed by atoms with E-state index in [-0.39, 0.29) is 17.8 Å². The number of carbonyl (C=O) groups is 1. The largest absolute Gasteiger partial charge is 0.508 e. The summed E-state index contributed by atoms with van der Waals surface area (Å²) in [6, 6.07) is 6.34. The van der Waals surface area contributed by atoms with Crippen LogP contribution in [0.4, 0.5) is 0 Å². The molecular weight excluding hydrogens is 276 g/mol. The molecule has 2 N–H and O–H groups in total. The number of aromatic hydroxyl groups is 1. The molecule has 2 atom stereocenters. The van der Waals surface area contributed by atoms with E-state index in [2.05, 4.69) is 10.3 Å². The van der Waals surface area contributed by atoms with Gasteiger partial charge in [-0.15, -0.1) is 0 Å². The molecule has 0 saturated heterocycles. The zero-order chi connectivity index (χ0) is 14.7. The van der Waals surface area contributed by atoms with Gasteiger partial charge in [-0.25, -0.2) is 4.99 Å². The van der Waals surface area contributed by atoms with E-state index in [1.54, 1.807) is 32.0 Å². The van der Waals surface area contributed by atoms with Crippen LogP contribution in [0, 0.1) is 5.92 Å². The summed E-state index contributed by atoms with van der Waals surface area (Å²) < 4.78 is 5.10. The molecule has 6 heteroatoms. The van der Waals surface area contributed by atoms with Crippen LogP contribution in [0.5, 0.6) is 5.75 Å². The van der Waals surface area contributed by atoms with E-state index in [9.17, 15) is 9.90 Å². The zero-order valence-electron chi connectivity index (χ0n) is 11.3. The van der Waals surface area contributed by atoms with Gasteiger partial charge < -0.3 is 15.2 Å². The number of benzene rings is 1. The summed E-state index contributed by atoms with van der Waals surface area (Å²) >= 11 is 5.08. The van der Waals surface area contributed by atoms with Crippen molar-refractivity contribution in [2.75, 3.05) is 6.61 Å². The molecule has 20 heavy (non-hydrogen) atoms. The summed E-state index contributed by atoms with van der Waals surface area (Å²) in [6.45, 7) is 3.82. The van der Waals surface area contributed by atoms with Crippen LogP contribution in [0.2, 0.25) is 0 Å². The highest BCUT2D eigenvalue weighted by atomic mass is 32.1. The zero-order valence-corrected chi connectivity index (χ0v) is 12.1. The third-order valence-corrected chi connectivity index (χ3v) is 3.32. The topological polar surface area (TPSA) is 70.9 Å². The number of ether oxygens (including phenoxy) is 1. The van der Waals surface area contributed by atoms with Crippen LogP contribution in [-0.4, -0.2) is 28.5 Å². The predicted octanol–water partition coefficient (Wildman–Crippen LogP) is 1.96. The van der Waals surface area contributed by atoms with Crippen LogP contribution in [-0.2, 0) is 9.53 Å². The van der Waals surface area contributed by atoms with Gasteiger partial charge in [-0.3, -0.25) is 4.79 Å². The Kier molecular flexibility index (Phi) is 4.34. The predicted molar refractivity (Wildman–Crippen MR) is 79.8 cm³/mol. The van der Waals surface area contributed by atoms with Gasteiger partial charge in [0.1, 0.15) is 11.7 Å². The van der Waals surface area contributed by atoms with Gasteiger partial charge in [0.2, 0.25) is 0 Å². The number of hydrogen-bond donors (Lipinski definition) is 2. The Morgan fingerprint density at radius 1 is 1.55 bits per heavy atom. The fourth-order valence-electron chi connectivity index (χ4n) is 2.25. The number of thiocarbonyl (C=S) groups is 1. The highest BCUT2D eigenvalue weighted by Crippen LogP contribution is 2.29. The molecule has 1 aliphatic heterocycles. The van der Waals surface area contributed by atoms with Crippen LogP contribution < -0.4 is 5.32 Å². The Bertz CT molecular complexity index is 571. The molecule has 1 aromatic rings. The molecule has 5 nitrogen and oxygen atoms in total. The maximum Gasteiger partial charge on any atom is 0.317 e. The van der Waals surface area contributed by atoms with Crippen molar-refractivity contribution in [3.8, 4) is 5.75 Å². The SMILES string of the molecule is CCOC(=O)C1C(C)=NC(=S)N[C@@H]1c1cccc(O)c1. The number of phenols is 1. The number of rotatable bonds is 3. The van der Waals surface area contributed by atoms with Crippen molar-refractivity contribution >= 4 is 29.0 Å². The molecule has 0 fully saturated rings. The van der Waals surface area contributed by atoms with E-state index < -0.39 is 5.92 Å². The Morgan fingerprint density at radius 3 is 2.95 bits per heavy atom. The van der Waals surface area contributed by atoms with Crippen molar-refractivity contribution < 1.29 is 14.6 Å². The monoisotopic (exact) mass is 292 g/mol. The standard InChI is InChI=1S/C14H16N2O3S/c1-3-19-13(18)11-8(2)15-14(20)16-12(11)9-5-4-6-10(17)7-9/h4-7,11-12,17H,3H2,1-2H3,(H,16,20)/t11?,12-/m1/s1. The normalized spacial score (nSPS) is 21.9. The summed E-state index contributed by atoms with van der Waals surface area (Å²) in [7, 11) is 0. The van der Waals surface area contributed by atoms with Gasteiger partial charge in [-0.05, 0) is 43.8 Å². The minimum Gasteiger partial charge on any atom is -0.508 e. The fraction of sp³-hybridized carbons (Fsp3) is 0.357. The van der Waals surface area contributed by atoms with E-state index in [1.165, 1.54) is 0 Å². The second kappa shape index (κ2) is 6.00. The van der Waals surface area contributed by atoms with Gasteiger partial charge >= 0.3 is 5.97 Å². The van der Waals surface area contributed by atoms with E-state index in [0.717, 1.165) is 5.56 Å². The van der Waals surface area contributed by atoms with Crippen LogP contribution in [0.3, 0.4) is 0 Å². The van der Waals surface area contributed by atoms with Crippen molar-refractivity contribution in [2.45, 2.75) is 19.9 Å². The number of aliphatic imine (C=N–C) groups is 1. The van der Waals surface area contributed by atoms with Gasteiger partial charge in [0.15, 0.2) is 5.11 Å². The Hall–Kier alpha value is -1.95. The third-order valence-electron chi connectivity index (χ3n) is 3.11. The van der Waals surface area contributed by atoms with Gasteiger partial charge in [0.25, 0.3) is 0 Å². The molecule has 0 radical (unpaired) electrons. The highest BCUT2D eigenvalue weighted by Gasteiger charge is 2.36. The van der Waals surface area contributed by atoms with Crippen molar-refractivity contribution in [2.24, 2.45) is 10.9 Å². The van der Waals surface area contributed by atoms with E-state index in [0.29, 0.717) is 17.4 Å². The smallest absolute Gasteiger partial charge is 0.317 e. The minimum absolute atomic E-state index is 0.137. The molecule has 0 saturated carbocycles. The van der Waals surface area contributed by atoms with E-state index >= 15 is 0 Å². The minimum atomic E-state index is -0.552. The lowest BCUT2D eigenvalue weighted by Crippen LogP contribution is -2.44. The van der Waals surface area contributed by atoms with Crippen LogP contribution >= 0.6 is 12.2 Å². The van der Waals surface area contributed by atoms with Crippen molar-refractivity contribution in [3.63, 3.8) is 0 Å². The average molecular weight is 292 g/mol. The quantitative estimate of drug-likeness (QED) is 0.658. The van der Waals surface area contributed by atoms with Gasteiger partial charge in [0.05, 0.1) is 12.6 Å². The van der Waals surface area contributed by atoms with Gasteiger partial charge in [0, 0.05) is 5.71 Å². The number of nitrogens with one attached hydrogen (secondary N) is 1. The van der Waals surface area contributed by atoms with Crippen molar-refractivity contribution in [1.29, 1.82) is 0 Å². The fourth-order valence-corrected chi connectivity index (χ4v) is 2.52. The molecule has 1 heterocycles. The third kappa shape index (κ3) is 2.96. The number of hydrogen-bond acceptors (Lipinski definition) is 4. The molecule has 0 aliphatic carbocycles. The maximum absolute atomic E-state index is 12.1. The first-order chi connectivity index (χ1) is 9.52. The van der Waals surface area contributed by atoms with Crippen LogP contribution in [0.25, 0.3) is 0 Å². The summed E-state index contributed by atoms with van der Waals surface area (Å²) in [5.41, 5.74) is 1.38. The van der Waals surface area contributed by atoms with Crippen LogP contribution in [0.1, 0.15) is 25.5 Å². The number of phenolic OH excluding ortho intramolecular Hbond substituents is 1. The lowest BCUT2D eigenvalue weighted by Gasteiger charge is -2.30. The van der Waals surface area contributed by atoms with Crippen molar-refractivity contribution in [1.82, 2.24) is 5.32 Å². The Balaban J connectivity index is 2.40. The molecule has 0 aromatic heterocycles. The second-order valence-corrected chi connectivity index (χ2v) is 4.89. The maximum atomic E-state index is 12.1. The number of esters is 1. The van der Waals surface area contributed by atoms with Crippen LogP contribution in [0.15, 0.2) is 29.3 Å². The molecule has 0 spiro atoms. The summed E-state index contributed by atoms with van der Waals surface area (Å²) in [5, 5.41) is 12.9. The Morgan fingerprint density at radius 2 is 2.30 bits per heavy atom. The second-order valence-electron chi connectivity index (χ2n) is 4.51. The molecule has 1 aromatic carbocycles. The Labute approximate surface area is 122 Å². The first kappa shape index (κ1) is 14.5. The van der Waals surface area contributed by atoms with Gasteiger partial charge in [-0.1, -0.05) is 12.1 Å². The highest BCUT2D eigenvalue weighted by molar-refractivity contribution is 7.80. The lowest BCUT2D eigenvalue weighted by atomic mass is 9.88. The first-order valence-corrected chi connectivity index (χ1v) is 6.75. The van der Waals surface area contributed by atoms with E-state index in [4.69, 9.17) is 17.0 Å². The molecule has 0 amide bonds. The molecular formula is C14H16N2O3S. The molecule has 1 unspecified atom stereocenters. The molecule has 0 bridgehead atoms. The molecule has 2 rings (SSSR count). The van der Waals surface area contributed by atoms with Gasteiger partial charge in [-0.2, -0.15) is 0 Å². The number of nitrogens with zero attached hydrogens (tertiary/aromatic N) is 1. The molecule has 1 aliphatic rings. The van der Waals surface area contributed by atoms with E-state index in [1.807, 2.05) is 6.07 Å². The lowest BCUT2D eigenvalue weighted by molar-refractivity contribution is -0.146. The summed E-state index contributed by atoms with van der Waals surface area (Å²) in [5.74, 6) is -0.765.